The van der Waals surface area contributed by atoms with E-state index >= 15 is 0 Å². The van der Waals surface area contributed by atoms with E-state index in [-0.39, 0.29) is 0 Å². The largest absolute Gasteiger partial charge is 0.366 e. The Labute approximate surface area is 109 Å². The standard InChI is InChI=1S/C13H23N5/c1-9-8-15-12(18-14)17-11(9)16-10-6-4-5-7-13(10,2)3/h8,10H,4-7,14H2,1-3H3,(H2,15,16,17,18). The van der Waals surface area contributed by atoms with Crippen LogP contribution in [-0.2, 0) is 0 Å². The number of nitrogen functional groups attached to an aromatic ring is 1. The smallest absolute Gasteiger partial charge is 0.239 e. The van der Waals surface area contributed by atoms with Gasteiger partial charge in [-0.2, -0.15) is 4.98 Å². The first-order valence-electron chi connectivity index (χ1n) is 6.60. The molecule has 1 aliphatic rings. The number of nitrogens with zero attached hydrogens (tertiary/aromatic N) is 2. The number of hydrogen-bond donors (Lipinski definition) is 3. The first-order valence-corrected chi connectivity index (χ1v) is 6.60. The van der Waals surface area contributed by atoms with Gasteiger partial charge in [0.1, 0.15) is 5.82 Å². The highest BCUT2D eigenvalue weighted by molar-refractivity contribution is 5.47. The van der Waals surface area contributed by atoms with Crippen LogP contribution in [0.4, 0.5) is 11.8 Å². The van der Waals surface area contributed by atoms with Crippen molar-refractivity contribution in [2.45, 2.75) is 52.5 Å². The summed E-state index contributed by atoms with van der Waals surface area (Å²) >= 11 is 0. The van der Waals surface area contributed by atoms with Crippen molar-refractivity contribution in [3.8, 4) is 0 Å². The van der Waals surface area contributed by atoms with Gasteiger partial charge in [0.05, 0.1) is 0 Å². The fourth-order valence-electron chi connectivity index (χ4n) is 2.58. The van der Waals surface area contributed by atoms with Gasteiger partial charge in [0.2, 0.25) is 5.95 Å². The predicted octanol–water partition coefficient (Wildman–Crippen LogP) is 2.45. The van der Waals surface area contributed by atoms with Gasteiger partial charge in [-0.15, -0.1) is 0 Å². The maximum Gasteiger partial charge on any atom is 0.239 e. The summed E-state index contributed by atoms with van der Waals surface area (Å²) in [5.74, 6) is 6.69. The van der Waals surface area contributed by atoms with E-state index in [0.29, 0.717) is 17.4 Å². The van der Waals surface area contributed by atoms with Crippen molar-refractivity contribution in [3.63, 3.8) is 0 Å². The topological polar surface area (TPSA) is 75.9 Å². The molecular formula is C13H23N5. The van der Waals surface area contributed by atoms with Gasteiger partial charge >= 0.3 is 0 Å². The number of nitrogens with one attached hydrogen (secondary N) is 2. The molecule has 1 aliphatic carbocycles. The first kappa shape index (κ1) is 13.1. The zero-order valence-electron chi connectivity index (χ0n) is 11.5. The van der Waals surface area contributed by atoms with Crippen molar-refractivity contribution in [1.29, 1.82) is 0 Å². The summed E-state index contributed by atoms with van der Waals surface area (Å²) in [4.78, 5) is 8.49. The third-order valence-corrected chi connectivity index (χ3v) is 3.92. The van der Waals surface area contributed by atoms with Crippen molar-refractivity contribution in [2.75, 3.05) is 10.7 Å². The first-order chi connectivity index (χ1) is 8.53. The number of nitrogens with two attached hydrogens (primary N) is 1. The van der Waals surface area contributed by atoms with Crippen LogP contribution in [0.15, 0.2) is 6.20 Å². The maximum absolute atomic E-state index is 5.35. The van der Waals surface area contributed by atoms with E-state index in [2.05, 4.69) is 34.6 Å². The Kier molecular flexibility index (Phi) is 3.71. The Balaban J connectivity index is 2.17. The lowest BCUT2D eigenvalue weighted by Gasteiger charge is -2.39. The average molecular weight is 249 g/mol. The van der Waals surface area contributed by atoms with E-state index in [4.69, 9.17) is 5.84 Å². The number of rotatable bonds is 3. The van der Waals surface area contributed by atoms with Crippen LogP contribution in [0.2, 0.25) is 0 Å². The monoisotopic (exact) mass is 249 g/mol. The predicted molar refractivity (Wildman–Crippen MR) is 74.2 cm³/mol. The molecule has 0 amide bonds. The van der Waals surface area contributed by atoms with Crippen LogP contribution in [0.25, 0.3) is 0 Å². The molecule has 0 radical (unpaired) electrons. The molecule has 1 atom stereocenters. The van der Waals surface area contributed by atoms with Gasteiger partial charge in [-0.1, -0.05) is 26.7 Å². The van der Waals surface area contributed by atoms with Crippen molar-refractivity contribution in [3.05, 3.63) is 11.8 Å². The zero-order chi connectivity index (χ0) is 13.2. The van der Waals surface area contributed by atoms with Crippen molar-refractivity contribution >= 4 is 11.8 Å². The molecule has 5 heteroatoms. The fourth-order valence-corrected chi connectivity index (χ4v) is 2.58. The number of aryl methyl sites for hydroxylation is 1. The molecule has 0 aliphatic heterocycles. The summed E-state index contributed by atoms with van der Waals surface area (Å²) in [5, 5.41) is 3.57. The van der Waals surface area contributed by atoms with E-state index in [1.807, 2.05) is 6.92 Å². The second-order valence-corrected chi connectivity index (χ2v) is 5.80. The molecule has 0 saturated heterocycles. The van der Waals surface area contributed by atoms with Crippen LogP contribution in [0.5, 0.6) is 0 Å². The molecule has 1 unspecified atom stereocenters. The van der Waals surface area contributed by atoms with Crippen LogP contribution >= 0.6 is 0 Å². The molecule has 1 aromatic heterocycles. The van der Waals surface area contributed by atoms with Gasteiger partial charge in [-0.25, -0.2) is 10.8 Å². The normalized spacial score (nSPS) is 22.6. The summed E-state index contributed by atoms with van der Waals surface area (Å²) in [6.07, 6.45) is 6.86. The maximum atomic E-state index is 5.35. The van der Waals surface area contributed by atoms with Crippen LogP contribution in [0.3, 0.4) is 0 Å². The zero-order valence-corrected chi connectivity index (χ0v) is 11.5. The molecule has 0 bridgehead atoms. The molecule has 4 N–H and O–H groups in total. The number of hydrazine groups is 1. The Hall–Kier alpha value is -1.36. The minimum atomic E-state index is 0.311. The number of anilines is 2. The lowest BCUT2D eigenvalue weighted by molar-refractivity contribution is 0.216. The Morgan fingerprint density at radius 1 is 1.39 bits per heavy atom. The van der Waals surface area contributed by atoms with Crippen molar-refractivity contribution < 1.29 is 0 Å². The molecular weight excluding hydrogens is 226 g/mol. The summed E-state index contributed by atoms with van der Waals surface area (Å²) in [7, 11) is 0. The van der Waals surface area contributed by atoms with E-state index in [0.717, 1.165) is 11.4 Å². The van der Waals surface area contributed by atoms with Gasteiger partial charge in [0.15, 0.2) is 0 Å². The fraction of sp³-hybridized carbons (Fsp3) is 0.692. The molecule has 5 nitrogen and oxygen atoms in total. The van der Waals surface area contributed by atoms with Crippen LogP contribution in [0.1, 0.15) is 45.1 Å². The highest BCUT2D eigenvalue weighted by atomic mass is 15.3. The van der Waals surface area contributed by atoms with Gasteiger partial charge < -0.3 is 5.32 Å². The molecule has 0 aromatic carbocycles. The highest BCUT2D eigenvalue weighted by Gasteiger charge is 2.32. The van der Waals surface area contributed by atoms with Gasteiger partial charge in [0, 0.05) is 17.8 Å². The second kappa shape index (κ2) is 5.10. The SMILES string of the molecule is Cc1cnc(NN)nc1NC1CCCCC1(C)C. The third-order valence-electron chi connectivity index (χ3n) is 3.92. The second-order valence-electron chi connectivity index (χ2n) is 5.80. The molecule has 0 spiro atoms. The summed E-state index contributed by atoms with van der Waals surface area (Å²) in [6.45, 7) is 6.66. The molecule has 100 valence electrons. The summed E-state index contributed by atoms with van der Waals surface area (Å²) in [6, 6.07) is 0.463. The van der Waals surface area contributed by atoms with Crippen molar-refractivity contribution in [1.82, 2.24) is 9.97 Å². The van der Waals surface area contributed by atoms with E-state index in [1.54, 1.807) is 6.20 Å². The van der Waals surface area contributed by atoms with Crippen molar-refractivity contribution in [2.24, 2.45) is 11.3 Å². The van der Waals surface area contributed by atoms with Crippen LogP contribution < -0.4 is 16.6 Å². The van der Waals surface area contributed by atoms with Gasteiger partial charge in [0.25, 0.3) is 0 Å². The molecule has 1 fully saturated rings. The van der Waals surface area contributed by atoms with E-state index < -0.39 is 0 Å². The van der Waals surface area contributed by atoms with Gasteiger partial charge in [-0.3, -0.25) is 5.43 Å². The molecule has 1 heterocycles. The van der Waals surface area contributed by atoms with E-state index in [9.17, 15) is 0 Å². The summed E-state index contributed by atoms with van der Waals surface area (Å²) < 4.78 is 0. The minimum Gasteiger partial charge on any atom is -0.366 e. The summed E-state index contributed by atoms with van der Waals surface area (Å²) in [5.41, 5.74) is 3.85. The lowest BCUT2D eigenvalue weighted by atomic mass is 9.73. The van der Waals surface area contributed by atoms with E-state index in [1.165, 1.54) is 25.7 Å². The lowest BCUT2D eigenvalue weighted by Crippen LogP contribution is -2.39. The number of hydrogen-bond acceptors (Lipinski definition) is 5. The van der Waals surface area contributed by atoms with Crippen LogP contribution in [-0.4, -0.2) is 16.0 Å². The third kappa shape index (κ3) is 2.72. The van der Waals surface area contributed by atoms with Gasteiger partial charge in [-0.05, 0) is 25.2 Å². The highest BCUT2D eigenvalue weighted by Crippen LogP contribution is 2.37. The Morgan fingerprint density at radius 2 is 2.17 bits per heavy atom. The quantitative estimate of drug-likeness (QED) is 0.566. The average Bonchev–Trinajstić information content (AvgIpc) is 2.34. The molecule has 2 rings (SSSR count). The Bertz CT molecular complexity index is 416. The van der Waals surface area contributed by atoms with Crippen LogP contribution in [0, 0.1) is 12.3 Å². The molecule has 1 saturated carbocycles. The minimum absolute atomic E-state index is 0.311. The molecule has 1 aromatic rings. The number of aromatic nitrogens is 2. The molecule has 18 heavy (non-hydrogen) atoms. The Morgan fingerprint density at radius 3 is 2.83 bits per heavy atom.